The van der Waals surface area contributed by atoms with Crippen molar-refractivity contribution in [3.05, 3.63) is 71.1 Å². The molecule has 0 aliphatic heterocycles. The van der Waals surface area contributed by atoms with E-state index in [-0.39, 0.29) is 10.5 Å². The van der Waals surface area contributed by atoms with Crippen LogP contribution >= 0.6 is 10.5 Å². The second kappa shape index (κ2) is 4.36. The lowest BCUT2D eigenvalue weighted by Gasteiger charge is -2.01. The van der Waals surface area contributed by atoms with Crippen molar-refractivity contribution in [3.8, 4) is 4.90 Å². The Morgan fingerprint density at radius 2 is 1.63 bits per heavy atom. The monoisotopic (exact) mass is 263 g/mol. The predicted molar refractivity (Wildman–Crippen MR) is 85.1 cm³/mol. The molecule has 0 saturated heterocycles. The molecule has 19 heavy (non-hydrogen) atoms. The van der Waals surface area contributed by atoms with Crippen LogP contribution in [-0.4, -0.2) is 0 Å². The highest BCUT2D eigenvalue weighted by atomic mass is 32.2. The summed E-state index contributed by atoms with van der Waals surface area (Å²) in [5, 5.41) is 1.48. The molecule has 0 N–H and O–H groups in total. The standard InChI is InChI=1S/C18H15S/c1-2-8-14(9-3-1)19-17-12-6-4-10-15(17)16-11-5-7-13-18(16)19/h1-4,6-10,12-13H,5,11H2/q+1. The van der Waals surface area contributed by atoms with Crippen LogP contribution in [0.3, 0.4) is 0 Å². The quantitative estimate of drug-likeness (QED) is 0.506. The van der Waals surface area contributed by atoms with E-state index < -0.39 is 0 Å². The Hall–Kier alpha value is -1.86. The average molecular weight is 263 g/mol. The van der Waals surface area contributed by atoms with Crippen molar-refractivity contribution in [1.29, 1.82) is 0 Å². The highest BCUT2D eigenvalue weighted by molar-refractivity contribution is 7.45. The second-order valence-corrected chi connectivity index (χ2v) is 6.86. The lowest BCUT2D eigenvalue weighted by molar-refractivity contribution is 1.01. The van der Waals surface area contributed by atoms with Gasteiger partial charge in [0.1, 0.15) is 0 Å². The van der Waals surface area contributed by atoms with Gasteiger partial charge in [0, 0.05) is 21.4 Å². The van der Waals surface area contributed by atoms with Gasteiger partial charge in [0.05, 0.1) is 0 Å². The third kappa shape index (κ3) is 1.66. The van der Waals surface area contributed by atoms with Crippen molar-refractivity contribution in [3.63, 3.8) is 0 Å². The van der Waals surface area contributed by atoms with Crippen LogP contribution in [0.2, 0.25) is 0 Å². The number of hydrogen-bond acceptors (Lipinski definition) is 0. The molecule has 1 aliphatic carbocycles. The van der Waals surface area contributed by atoms with E-state index in [2.05, 4.69) is 66.7 Å². The smallest absolute Gasteiger partial charge is 0.0788 e. The largest absolute Gasteiger partial charge is 0.187 e. The lowest BCUT2D eigenvalue weighted by Crippen LogP contribution is -1.89. The van der Waals surface area contributed by atoms with Crippen molar-refractivity contribution in [1.82, 2.24) is 0 Å². The molecule has 1 heteroatoms. The summed E-state index contributed by atoms with van der Waals surface area (Å²) in [4.78, 5) is 2.98. The van der Waals surface area contributed by atoms with Gasteiger partial charge < -0.3 is 0 Å². The third-order valence-electron chi connectivity index (χ3n) is 3.76. The van der Waals surface area contributed by atoms with Gasteiger partial charge in [0.2, 0.25) is 0 Å². The summed E-state index contributed by atoms with van der Waals surface area (Å²) in [6.45, 7) is 0. The zero-order chi connectivity index (χ0) is 12.7. The topological polar surface area (TPSA) is 0 Å². The van der Waals surface area contributed by atoms with E-state index in [1.165, 1.54) is 27.8 Å². The lowest BCUT2D eigenvalue weighted by atomic mass is 10.0. The minimum Gasteiger partial charge on any atom is -0.0788 e. The number of fused-ring (bicyclic) bond motifs is 3. The van der Waals surface area contributed by atoms with Crippen LogP contribution in [-0.2, 0) is 6.42 Å². The zero-order valence-electron chi connectivity index (χ0n) is 10.7. The Morgan fingerprint density at radius 3 is 2.53 bits per heavy atom. The van der Waals surface area contributed by atoms with Crippen molar-refractivity contribution in [2.45, 2.75) is 12.8 Å². The molecule has 1 aromatic heterocycles. The average Bonchev–Trinajstić information content (AvgIpc) is 2.83. The second-order valence-electron chi connectivity index (χ2n) is 4.90. The molecule has 4 rings (SSSR count). The van der Waals surface area contributed by atoms with Gasteiger partial charge in [-0.15, -0.1) is 0 Å². The van der Waals surface area contributed by atoms with Crippen molar-refractivity contribution in [2.75, 3.05) is 0 Å². The van der Waals surface area contributed by atoms with Gasteiger partial charge in [-0.1, -0.05) is 36.4 Å². The van der Waals surface area contributed by atoms with Gasteiger partial charge in [0.25, 0.3) is 0 Å². The van der Waals surface area contributed by atoms with E-state index in [9.17, 15) is 0 Å². The van der Waals surface area contributed by atoms with Crippen molar-refractivity contribution < 1.29 is 0 Å². The number of aryl methyl sites for hydroxylation is 1. The molecule has 0 saturated carbocycles. The van der Waals surface area contributed by atoms with E-state index in [1.807, 2.05) is 0 Å². The summed E-state index contributed by atoms with van der Waals surface area (Å²) in [6, 6.07) is 19.9. The van der Waals surface area contributed by atoms with Crippen LogP contribution in [0.15, 0.2) is 60.7 Å². The molecule has 0 nitrogen and oxygen atoms in total. The fraction of sp³-hybridized carbons (Fsp3) is 0.111. The molecule has 0 spiro atoms. The molecule has 3 aromatic rings. The minimum atomic E-state index is 0.111. The molecule has 1 unspecified atom stereocenters. The summed E-state index contributed by atoms with van der Waals surface area (Å²) in [6.07, 6.45) is 7.06. The van der Waals surface area contributed by atoms with E-state index in [0.29, 0.717) is 0 Å². The summed E-state index contributed by atoms with van der Waals surface area (Å²) in [7, 11) is 0.111. The molecule has 0 amide bonds. The highest BCUT2D eigenvalue weighted by Gasteiger charge is 2.27. The van der Waals surface area contributed by atoms with Crippen LogP contribution in [0, 0.1) is 0 Å². The molecular formula is C18H15S+. The first-order valence-electron chi connectivity index (χ1n) is 6.73. The molecule has 1 aliphatic rings. The molecule has 1 atom stereocenters. The van der Waals surface area contributed by atoms with Crippen LogP contribution in [0.5, 0.6) is 0 Å². The molecule has 0 fully saturated rings. The third-order valence-corrected chi connectivity index (χ3v) is 6.12. The van der Waals surface area contributed by atoms with Gasteiger partial charge in [0.15, 0.2) is 14.5 Å². The summed E-state index contributed by atoms with van der Waals surface area (Å²) >= 11 is 0. The summed E-state index contributed by atoms with van der Waals surface area (Å²) in [5.74, 6) is 0. The number of allylic oxidation sites excluding steroid dienone is 1. The summed E-state index contributed by atoms with van der Waals surface area (Å²) in [5.41, 5.74) is 1.57. The number of benzene rings is 2. The van der Waals surface area contributed by atoms with Crippen molar-refractivity contribution >= 4 is 26.6 Å². The van der Waals surface area contributed by atoms with Gasteiger partial charge >= 0.3 is 0 Å². The Balaban J connectivity index is 2.13. The van der Waals surface area contributed by atoms with Crippen LogP contribution in [0.1, 0.15) is 16.9 Å². The Labute approximate surface area is 116 Å². The maximum absolute atomic E-state index is 2.36. The van der Waals surface area contributed by atoms with E-state index in [4.69, 9.17) is 0 Å². The Morgan fingerprint density at radius 1 is 0.842 bits per heavy atom. The maximum Gasteiger partial charge on any atom is 0.187 e. The molecule has 92 valence electrons. The van der Waals surface area contributed by atoms with E-state index in [0.717, 1.165) is 0 Å². The van der Waals surface area contributed by atoms with Crippen molar-refractivity contribution in [2.24, 2.45) is 0 Å². The number of rotatable bonds is 1. The molecule has 0 bridgehead atoms. The van der Waals surface area contributed by atoms with Crippen LogP contribution < -0.4 is 0 Å². The Kier molecular flexibility index (Phi) is 2.52. The number of thiophene rings is 1. The maximum atomic E-state index is 2.36. The van der Waals surface area contributed by atoms with Crippen LogP contribution in [0.25, 0.3) is 21.1 Å². The number of hydrogen-bond donors (Lipinski definition) is 0. The van der Waals surface area contributed by atoms with Gasteiger partial charge in [-0.3, -0.25) is 0 Å². The molecular weight excluding hydrogens is 248 g/mol. The van der Waals surface area contributed by atoms with E-state index >= 15 is 0 Å². The molecule has 1 heterocycles. The fourth-order valence-electron chi connectivity index (χ4n) is 2.92. The molecule has 0 radical (unpaired) electrons. The van der Waals surface area contributed by atoms with Gasteiger partial charge in [-0.25, -0.2) is 0 Å². The van der Waals surface area contributed by atoms with Crippen LogP contribution in [0.4, 0.5) is 0 Å². The SMILES string of the molecule is C1=Cc2c(c3ccccc3[s+]2-c2ccccc2)CC1. The minimum absolute atomic E-state index is 0.111. The van der Waals surface area contributed by atoms with Gasteiger partial charge in [-0.2, -0.15) is 0 Å². The summed E-state index contributed by atoms with van der Waals surface area (Å²) < 4.78 is 1.50. The molecule has 2 aromatic carbocycles. The highest BCUT2D eigenvalue weighted by Crippen LogP contribution is 2.48. The normalized spacial score (nSPS) is 14.6. The van der Waals surface area contributed by atoms with E-state index in [1.54, 1.807) is 10.4 Å². The first-order chi connectivity index (χ1) is 9.45. The Bertz CT molecular complexity index is 763. The van der Waals surface area contributed by atoms with Gasteiger partial charge in [-0.05, 0) is 43.2 Å². The predicted octanol–water partition coefficient (Wildman–Crippen LogP) is 5.54. The first kappa shape index (κ1) is 11.0. The zero-order valence-corrected chi connectivity index (χ0v) is 11.5. The first-order valence-corrected chi connectivity index (χ1v) is 7.96. The fourth-order valence-corrected chi connectivity index (χ4v) is 5.41.